The summed E-state index contributed by atoms with van der Waals surface area (Å²) in [7, 11) is 3.27. The first-order chi connectivity index (χ1) is 11.7. The van der Waals surface area contributed by atoms with Crippen LogP contribution in [-0.2, 0) is 4.74 Å². The van der Waals surface area contributed by atoms with Gasteiger partial charge in [-0.2, -0.15) is 0 Å². The van der Waals surface area contributed by atoms with Gasteiger partial charge in [-0.3, -0.25) is 0 Å². The third-order valence-electron chi connectivity index (χ3n) is 3.81. The Bertz CT molecular complexity index is 553. The number of benzene rings is 1. The summed E-state index contributed by atoms with van der Waals surface area (Å²) in [5.74, 6) is 2.14. The Morgan fingerprint density at radius 3 is 2.32 bits per heavy atom. The van der Waals surface area contributed by atoms with Crippen molar-refractivity contribution < 1.29 is 19.0 Å². The average Bonchev–Trinajstić information content (AvgIpc) is 2.52. The van der Waals surface area contributed by atoms with Crippen LogP contribution >= 0.6 is 0 Å². The Morgan fingerprint density at radius 2 is 1.80 bits per heavy atom. The van der Waals surface area contributed by atoms with Crippen LogP contribution in [0.2, 0.25) is 0 Å². The first-order valence-electron chi connectivity index (χ1n) is 8.59. The topological polar surface area (TPSA) is 68.8 Å². The summed E-state index contributed by atoms with van der Waals surface area (Å²) in [6.45, 7) is 11.0. The number of carbonyl (C=O) groups is 1. The Labute approximate surface area is 151 Å². The second-order valence-corrected chi connectivity index (χ2v) is 7.33. The highest BCUT2D eigenvalue weighted by atomic mass is 16.6. The van der Waals surface area contributed by atoms with Gasteiger partial charge in [-0.05, 0) is 44.7 Å². The van der Waals surface area contributed by atoms with E-state index in [1.807, 2.05) is 39.0 Å². The summed E-state index contributed by atoms with van der Waals surface area (Å²) in [6, 6.07) is 5.62. The Morgan fingerprint density at radius 1 is 1.12 bits per heavy atom. The number of amides is 1. The lowest BCUT2D eigenvalue weighted by Crippen LogP contribution is -2.38. The quantitative estimate of drug-likeness (QED) is 0.742. The molecule has 1 atom stereocenters. The van der Waals surface area contributed by atoms with E-state index in [4.69, 9.17) is 14.2 Å². The van der Waals surface area contributed by atoms with Crippen LogP contribution in [0.1, 0.15) is 34.6 Å². The third kappa shape index (κ3) is 7.54. The fraction of sp³-hybridized carbons (Fsp3) is 0.632. The molecule has 0 aromatic heterocycles. The molecule has 1 unspecified atom stereocenters. The predicted octanol–water partition coefficient (Wildman–Crippen LogP) is 3.91. The molecule has 6 nitrogen and oxygen atoms in total. The fourth-order valence-corrected chi connectivity index (χ4v) is 2.27. The van der Waals surface area contributed by atoms with Crippen LogP contribution < -0.4 is 20.1 Å². The molecule has 1 aromatic rings. The molecule has 0 bridgehead atoms. The second kappa shape index (κ2) is 9.39. The van der Waals surface area contributed by atoms with E-state index >= 15 is 0 Å². The lowest BCUT2D eigenvalue weighted by molar-refractivity contribution is 0.0516. The Kier molecular flexibility index (Phi) is 7.87. The SMILES string of the molecule is COc1ccc(OC)c(NCC(CNC(=O)OC(C)(C)C)C(C)C)c1. The van der Waals surface area contributed by atoms with Gasteiger partial charge in [0.15, 0.2) is 0 Å². The van der Waals surface area contributed by atoms with Crippen LogP contribution in [0.25, 0.3) is 0 Å². The molecule has 1 amide bonds. The largest absolute Gasteiger partial charge is 0.497 e. The molecule has 0 saturated heterocycles. The minimum atomic E-state index is -0.496. The van der Waals surface area contributed by atoms with E-state index in [1.165, 1.54) is 0 Å². The van der Waals surface area contributed by atoms with Crippen LogP contribution in [0.3, 0.4) is 0 Å². The van der Waals surface area contributed by atoms with Gasteiger partial charge in [0.1, 0.15) is 17.1 Å². The van der Waals surface area contributed by atoms with E-state index in [-0.39, 0.29) is 5.92 Å². The molecular formula is C19H32N2O4. The number of anilines is 1. The maximum absolute atomic E-state index is 11.9. The summed E-state index contributed by atoms with van der Waals surface area (Å²) in [6.07, 6.45) is -0.392. The maximum Gasteiger partial charge on any atom is 0.407 e. The standard InChI is InChI=1S/C19H32N2O4/c1-13(2)14(12-21-18(22)25-19(3,4)5)11-20-16-10-15(23-6)8-9-17(16)24-7/h8-10,13-14,20H,11-12H2,1-7H3,(H,21,22). The smallest absolute Gasteiger partial charge is 0.407 e. The van der Waals surface area contributed by atoms with Crippen LogP contribution in [0.4, 0.5) is 10.5 Å². The summed E-state index contributed by atoms with van der Waals surface area (Å²) < 4.78 is 15.9. The van der Waals surface area contributed by atoms with Crippen molar-refractivity contribution in [1.29, 1.82) is 0 Å². The third-order valence-corrected chi connectivity index (χ3v) is 3.81. The molecule has 1 aromatic carbocycles. The number of hydrogen-bond acceptors (Lipinski definition) is 5. The predicted molar refractivity (Wildman–Crippen MR) is 101 cm³/mol. The summed E-state index contributed by atoms with van der Waals surface area (Å²) in [5.41, 5.74) is 0.369. The number of alkyl carbamates (subject to hydrolysis) is 1. The van der Waals surface area contributed by atoms with Crippen molar-refractivity contribution in [2.45, 2.75) is 40.2 Å². The maximum atomic E-state index is 11.9. The van der Waals surface area contributed by atoms with E-state index in [2.05, 4.69) is 24.5 Å². The van der Waals surface area contributed by atoms with E-state index < -0.39 is 11.7 Å². The molecule has 0 saturated carbocycles. The van der Waals surface area contributed by atoms with Gasteiger partial charge in [0, 0.05) is 19.2 Å². The molecule has 25 heavy (non-hydrogen) atoms. The number of hydrogen-bond donors (Lipinski definition) is 2. The van der Waals surface area contributed by atoms with Gasteiger partial charge in [0.2, 0.25) is 0 Å². The molecular weight excluding hydrogens is 320 g/mol. The number of methoxy groups -OCH3 is 2. The number of rotatable bonds is 8. The molecule has 0 aliphatic heterocycles. The molecule has 0 heterocycles. The van der Waals surface area contributed by atoms with Gasteiger partial charge in [-0.1, -0.05) is 13.8 Å². The Balaban J connectivity index is 2.66. The van der Waals surface area contributed by atoms with Gasteiger partial charge in [0.05, 0.1) is 19.9 Å². The molecule has 0 spiro atoms. The zero-order chi connectivity index (χ0) is 19.0. The number of carbonyl (C=O) groups excluding carboxylic acids is 1. The summed E-state index contributed by atoms with van der Waals surface area (Å²) >= 11 is 0. The molecule has 0 aliphatic rings. The van der Waals surface area contributed by atoms with E-state index in [0.717, 1.165) is 17.2 Å². The zero-order valence-electron chi connectivity index (χ0n) is 16.4. The van der Waals surface area contributed by atoms with Crippen LogP contribution in [-0.4, -0.2) is 39.0 Å². The van der Waals surface area contributed by atoms with Crippen molar-refractivity contribution in [2.75, 3.05) is 32.6 Å². The first-order valence-corrected chi connectivity index (χ1v) is 8.59. The fourth-order valence-electron chi connectivity index (χ4n) is 2.27. The van der Waals surface area contributed by atoms with Crippen LogP contribution in [0, 0.1) is 11.8 Å². The van der Waals surface area contributed by atoms with Crippen molar-refractivity contribution >= 4 is 11.8 Å². The Hall–Kier alpha value is -2.11. The van der Waals surface area contributed by atoms with Crippen molar-refractivity contribution in [3.8, 4) is 11.5 Å². The molecule has 1 rings (SSSR count). The first kappa shape index (κ1) is 20.9. The molecule has 6 heteroatoms. The highest BCUT2D eigenvalue weighted by Gasteiger charge is 2.19. The highest BCUT2D eigenvalue weighted by Crippen LogP contribution is 2.29. The number of ether oxygens (including phenoxy) is 3. The lowest BCUT2D eigenvalue weighted by atomic mass is 9.95. The molecule has 0 aliphatic carbocycles. The van der Waals surface area contributed by atoms with Crippen molar-refractivity contribution in [1.82, 2.24) is 5.32 Å². The van der Waals surface area contributed by atoms with Gasteiger partial charge in [-0.25, -0.2) is 4.79 Å². The average molecular weight is 352 g/mol. The normalized spacial score (nSPS) is 12.5. The van der Waals surface area contributed by atoms with E-state index in [9.17, 15) is 4.79 Å². The number of nitrogens with one attached hydrogen (secondary N) is 2. The summed E-state index contributed by atoms with van der Waals surface area (Å²) in [4.78, 5) is 11.9. The van der Waals surface area contributed by atoms with E-state index in [1.54, 1.807) is 14.2 Å². The van der Waals surface area contributed by atoms with Crippen molar-refractivity contribution in [3.63, 3.8) is 0 Å². The summed E-state index contributed by atoms with van der Waals surface area (Å²) in [5, 5.41) is 6.25. The van der Waals surface area contributed by atoms with Gasteiger partial charge < -0.3 is 24.8 Å². The second-order valence-electron chi connectivity index (χ2n) is 7.33. The minimum Gasteiger partial charge on any atom is -0.497 e. The molecule has 2 N–H and O–H groups in total. The zero-order valence-corrected chi connectivity index (χ0v) is 16.4. The molecule has 142 valence electrons. The van der Waals surface area contributed by atoms with Crippen molar-refractivity contribution in [3.05, 3.63) is 18.2 Å². The molecule has 0 fully saturated rings. The van der Waals surface area contributed by atoms with Gasteiger partial charge in [-0.15, -0.1) is 0 Å². The van der Waals surface area contributed by atoms with Crippen LogP contribution in [0.5, 0.6) is 11.5 Å². The monoisotopic (exact) mass is 352 g/mol. The highest BCUT2D eigenvalue weighted by molar-refractivity contribution is 5.67. The minimum absolute atomic E-state index is 0.239. The van der Waals surface area contributed by atoms with Gasteiger partial charge >= 0.3 is 6.09 Å². The lowest BCUT2D eigenvalue weighted by Gasteiger charge is -2.25. The molecule has 0 radical (unpaired) electrons. The van der Waals surface area contributed by atoms with E-state index in [0.29, 0.717) is 19.0 Å². The van der Waals surface area contributed by atoms with Crippen molar-refractivity contribution in [2.24, 2.45) is 11.8 Å². The van der Waals surface area contributed by atoms with Crippen LogP contribution in [0.15, 0.2) is 18.2 Å². The van der Waals surface area contributed by atoms with Gasteiger partial charge in [0.25, 0.3) is 0 Å².